The molecular formula is C17H20N2O4S. The lowest BCUT2D eigenvalue weighted by atomic mass is 10.1. The van der Waals surface area contributed by atoms with Gasteiger partial charge in [-0.3, -0.25) is 4.79 Å². The van der Waals surface area contributed by atoms with E-state index >= 15 is 0 Å². The number of aryl methyl sites for hydroxylation is 1. The Morgan fingerprint density at radius 3 is 2.71 bits per heavy atom. The molecule has 0 atom stereocenters. The van der Waals surface area contributed by atoms with Crippen molar-refractivity contribution in [2.24, 2.45) is 5.92 Å². The van der Waals surface area contributed by atoms with Crippen LogP contribution in [0.4, 0.5) is 5.69 Å². The number of hydrogen-bond acceptors (Lipinski definition) is 6. The molecule has 0 radical (unpaired) electrons. The van der Waals surface area contributed by atoms with Crippen LogP contribution in [0.5, 0.6) is 5.75 Å². The van der Waals surface area contributed by atoms with Crippen molar-refractivity contribution >= 4 is 28.9 Å². The third-order valence-electron chi connectivity index (χ3n) is 3.32. The van der Waals surface area contributed by atoms with Crippen LogP contribution in [-0.4, -0.2) is 29.1 Å². The number of hydrogen-bond donors (Lipinski definition) is 2. The molecule has 0 saturated carbocycles. The summed E-state index contributed by atoms with van der Waals surface area (Å²) in [5.74, 6) is -0.899. The number of benzene rings is 1. The number of phenolic OH excluding ortho intramolecular Hbond substituents is 1. The van der Waals surface area contributed by atoms with Gasteiger partial charge in [0, 0.05) is 6.42 Å². The Hall–Kier alpha value is -2.41. The summed E-state index contributed by atoms with van der Waals surface area (Å²) in [7, 11) is 1.23. The molecule has 2 rings (SSSR count). The van der Waals surface area contributed by atoms with Crippen LogP contribution in [0.1, 0.15) is 44.6 Å². The highest BCUT2D eigenvalue weighted by molar-refractivity contribution is 7.13. The molecule has 128 valence electrons. The zero-order valence-corrected chi connectivity index (χ0v) is 14.9. The number of para-hydroxylation sites is 1. The number of nitrogens with zero attached hydrogens (tertiary/aromatic N) is 1. The van der Waals surface area contributed by atoms with Crippen molar-refractivity contribution in [1.82, 2.24) is 4.98 Å². The lowest BCUT2D eigenvalue weighted by Gasteiger charge is -2.09. The topological polar surface area (TPSA) is 88.5 Å². The molecule has 2 aromatic rings. The third kappa shape index (κ3) is 3.91. The summed E-state index contributed by atoms with van der Waals surface area (Å²) in [4.78, 5) is 29.0. The van der Waals surface area contributed by atoms with Crippen LogP contribution in [0.15, 0.2) is 18.2 Å². The van der Waals surface area contributed by atoms with Gasteiger partial charge in [-0.05, 0) is 25.0 Å². The van der Waals surface area contributed by atoms with Crippen molar-refractivity contribution in [3.8, 4) is 5.75 Å². The van der Waals surface area contributed by atoms with Crippen molar-refractivity contribution in [2.45, 2.75) is 27.2 Å². The predicted octanol–water partition coefficient (Wildman–Crippen LogP) is 3.39. The standard InChI is InChI=1S/C17H20N2O4S/c1-9(2)8-13-18-10(3)15(24-13)16(21)19-12-7-5-6-11(14(12)20)17(22)23-4/h5-7,9,20H,8H2,1-4H3,(H,19,21). The van der Waals surface area contributed by atoms with Crippen molar-refractivity contribution in [2.75, 3.05) is 12.4 Å². The first-order chi connectivity index (χ1) is 11.3. The molecule has 0 fully saturated rings. The molecule has 24 heavy (non-hydrogen) atoms. The number of esters is 1. The number of aromatic nitrogens is 1. The minimum absolute atomic E-state index is 0.00294. The summed E-state index contributed by atoms with van der Waals surface area (Å²) < 4.78 is 4.60. The number of thiazole rings is 1. The van der Waals surface area contributed by atoms with Gasteiger partial charge in [0.2, 0.25) is 0 Å². The normalized spacial score (nSPS) is 10.7. The van der Waals surface area contributed by atoms with E-state index in [1.165, 1.54) is 30.6 Å². The second-order valence-electron chi connectivity index (χ2n) is 5.77. The lowest BCUT2D eigenvalue weighted by molar-refractivity contribution is 0.0597. The van der Waals surface area contributed by atoms with Crippen LogP contribution in [-0.2, 0) is 11.2 Å². The fourth-order valence-electron chi connectivity index (χ4n) is 2.20. The molecule has 6 nitrogen and oxygen atoms in total. The Bertz CT molecular complexity index is 768. The van der Waals surface area contributed by atoms with E-state index < -0.39 is 5.97 Å². The number of nitrogens with one attached hydrogen (secondary N) is 1. The smallest absolute Gasteiger partial charge is 0.341 e. The van der Waals surface area contributed by atoms with Crippen LogP contribution < -0.4 is 5.32 Å². The summed E-state index contributed by atoms with van der Waals surface area (Å²) in [6, 6.07) is 4.51. The summed E-state index contributed by atoms with van der Waals surface area (Å²) in [6.45, 7) is 5.96. The van der Waals surface area contributed by atoms with E-state index in [1.54, 1.807) is 13.0 Å². The van der Waals surface area contributed by atoms with E-state index in [0.29, 0.717) is 16.5 Å². The van der Waals surface area contributed by atoms with Gasteiger partial charge in [-0.2, -0.15) is 0 Å². The summed E-state index contributed by atoms with van der Waals surface area (Å²) in [5.41, 5.74) is 0.801. The molecule has 1 aromatic carbocycles. The molecular weight excluding hydrogens is 328 g/mol. The van der Waals surface area contributed by atoms with Crippen LogP contribution in [0.25, 0.3) is 0 Å². The van der Waals surface area contributed by atoms with Crippen LogP contribution in [0.2, 0.25) is 0 Å². The monoisotopic (exact) mass is 348 g/mol. The van der Waals surface area contributed by atoms with Gasteiger partial charge in [0.1, 0.15) is 10.4 Å². The van der Waals surface area contributed by atoms with E-state index in [1.807, 2.05) is 0 Å². The van der Waals surface area contributed by atoms with Gasteiger partial charge in [-0.25, -0.2) is 9.78 Å². The molecule has 0 spiro atoms. The molecule has 1 heterocycles. The van der Waals surface area contributed by atoms with E-state index in [9.17, 15) is 14.7 Å². The highest BCUT2D eigenvalue weighted by atomic mass is 32.1. The van der Waals surface area contributed by atoms with Crippen LogP contribution in [0, 0.1) is 12.8 Å². The number of aromatic hydroxyl groups is 1. The van der Waals surface area contributed by atoms with Gasteiger partial charge >= 0.3 is 5.97 Å². The number of anilines is 1. The van der Waals surface area contributed by atoms with Crippen LogP contribution >= 0.6 is 11.3 Å². The zero-order valence-electron chi connectivity index (χ0n) is 14.0. The molecule has 2 N–H and O–H groups in total. The number of phenols is 1. The minimum Gasteiger partial charge on any atom is -0.505 e. The second kappa shape index (κ2) is 7.44. The van der Waals surface area contributed by atoms with Crippen LogP contribution in [0.3, 0.4) is 0 Å². The second-order valence-corrected chi connectivity index (χ2v) is 6.85. The quantitative estimate of drug-likeness (QED) is 0.639. The Morgan fingerprint density at radius 1 is 1.38 bits per heavy atom. The Morgan fingerprint density at radius 2 is 2.08 bits per heavy atom. The van der Waals surface area contributed by atoms with E-state index in [4.69, 9.17) is 0 Å². The van der Waals surface area contributed by atoms with E-state index in [2.05, 4.69) is 28.9 Å². The molecule has 0 unspecified atom stereocenters. The van der Waals surface area contributed by atoms with E-state index in [0.717, 1.165) is 11.4 Å². The summed E-state index contributed by atoms with van der Waals surface area (Å²) in [5, 5.41) is 13.7. The first-order valence-electron chi connectivity index (χ1n) is 7.51. The first kappa shape index (κ1) is 17.9. The van der Waals surface area contributed by atoms with Gasteiger partial charge in [0.25, 0.3) is 5.91 Å². The Labute approximate surface area is 144 Å². The van der Waals surface area contributed by atoms with Gasteiger partial charge in [0.15, 0.2) is 5.75 Å². The molecule has 0 saturated heterocycles. The number of carbonyl (C=O) groups excluding carboxylic acids is 2. The fourth-order valence-corrected chi connectivity index (χ4v) is 3.37. The van der Waals surface area contributed by atoms with Crippen molar-refractivity contribution in [3.05, 3.63) is 39.3 Å². The third-order valence-corrected chi connectivity index (χ3v) is 4.50. The van der Waals surface area contributed by atoms with Gasteiger partial charge in [-0.1, -0.05) is 19.9 Å². The summed E-state index contributed by atoms with van der Waals surface area (Å²) >= 11 is 1.34. The van der Waals surface area contributed by atoms with Crippen molar-refractivity contribution in [3.63, 3.8) is 0 Å². The van der Waals surface area contributed by atoms with Gasteiger partial charge in [-0.15, -0.1) is 11.3 Å². The number of methoxy groups -OCH3 is 1. The number of rotatable bonds is 5. The SMILES string of the molecule is COC(=O)c1cccc(NC(=O)c2sc(CC(C)C)nc2C)c1O. The van der Waals surface area contributed by atoms with Gasteiger partial charge < -0.3 is 15.2 Å². The largest absolute Gasteiger partial charge is 0.505 e. The van der Waals surface area contributed by atoms with E-state index in [-0.39, 0.29) is 22.9 Å². The van der Waals surface area contributed by atoms with Crippen molar-refractivity contribution in [1.29, 1.82) is 0 Å². The molecule has 1 aromatic heterocycles. The molecule has 7 heteroatoms. The minimum atomic E-state index is -0.670. The predicted molar refractivity (Wildman–Crippen MR) is 92.8 cm³/mol. The molecule has 0 aliphatic carbocycles. The molecule has 0 aliphatic rings. The lowest BCUT2D eigenvalue weighted by Crippen LogP contribution is -2.12. The maximum Gasteiger partial charge on any atom is 0.341 e. The highest BCUT2D eigenvalue weighted by Gasteiger charge is 2.19. The first-order valence-corrected chi connectivity index (χ1v) is 8.33. The summed E-state index contributed by atoms with van der Waals surface area (Å²) in [6.07, 6.45) is 0.807. The molecule has 1 amide bonds. The molecule has 0 bridgehead atoms. The zero-order chi connectivity index (χ0) is 17.9. The number of amides is 1. The maximum absolute atomic E-state index is 12.5. The fraction of sp³-hybridized carbons (Fsp3) is 0.353. The number of carbonyl (C=O) groups is 2. The highest BCUT2D eigenvalue weighted by Crippen LogP contribution is 2.29. The average molecular weight is 348 g/mol. The Kier molecular flexibility index (Phi) is 5.56. The average Bonchev–Trinajstić information content (AvgIpc) is 2.88. The molecule has 0 aliphatic heterocycles. The van der Waals surface area contributed by atoms with Gasteiger partial charge in [0.05, 0.1) is 23.5 Å². The number of ether oxygens (including phenoxy) is 1. The van der Waals surface area contributed by atoms with Crippen molar-refractivity contribution < 1.29 is 19.4 Å². The maximum atomic E-state index is 12.5. The Balaban J connectivity index is 2.24.